The second-order valence-electron chi connectivity index (χ2n) is 7.22. The number of hydrogen-bond acceptors (Lipinski definition) is 5. The zero-order valence-corrected chi connectivity index (χ0v) is 20.1. The highest BCUT2D eigenvalue weighted by atomic mass is 127. The molecule has 32 heavy (non-hydrogen) atoms. The molecule has 1 heterocycles. The summed E-state index contributed by atoms with van der Waals surface area (Å²) in [4.78, 5) is 39.1. The molecule has 0 aliphatic carbocycles. The number of thioether (sulfide) groups is 1. The number of rotatable bonds is 5. The highest BCUT2D eigenvalue weighted by Gasteiger charge is 2.35. The number of carbonyl (C=O) groups excluding carboxylic acids is 3. The van der Waals surface area contributed by atoms with Gasteiger partial charge in [0.2, 0.25) is 0 Å². The highest BCUT2D eigenvalue weighted by Crippen LogP contribution is 2.33. The van der Waals surface area contributed by atoms with Crippen molar-refractivity contribution in [2.75, 3.05) is 0 Å². The van der Waals surface area contributed by atoms with Gasteiger partial charge in [0.25, 0.3) is 11.1 Å². The van der Waals surface area contributed by atoms with E-state index in [-0.39, 0.29) is 17.7 Å². The molecule has 7 heteroatoms. The number of amides is 2. The van der Waals surface area contributed by atoms with Gasteiger partial charge in [-0.1, -0.05) is 42.0 Å². The molecule has 3 aromatic rings. The first-order chi connectivity index (χ1) is 15.4. The summed E-state index contributed by atoms with van der Waals surface area (Å²) in [5.41, 5.74) is 3.06. The normalized spacial score (nSPS) is 14.8. The molecule has 4 rings (SSSR count). The van der Waals surface area contributed by atoms with E-state index >= 15 is 0 Å². The van der Waals surface area contributed by atoms with E-state index in [9.17, 15) is 14.4 Å². The van der Waals surface area contributed by atoms with Crippen molar-refractivity contribution in [2.24, 2.45) is 0 Å². The minimum atomic E-state index is -0.458. The third-order valence-electron chi connectivity index (χ3n) is 4.78. The van der Waals surface area contributed by atoms with E-state index in [0.29, 0.717) is 21.8 Å². The highest BCUT2D eigenvalue weighted by molar-refractivity contribution is 14.1. The number of halogens is 1. The number of esters is 1. The summed E-state index contributed by atoms with van der Waals surface area (Å²) < 4.78 is 6.55. The predicted molar refractivity (Wildman–Crippen MR) is 133 cm³/mol. The Kier molecular flexibility index (Phi) is 6.76. The maximum absolute atomic E-state index is 12.8. The fourth-order valence-corrected chi connectivity index (χ4v) is 4.28. The quantitative estimate of drug-likeness (QED) is 0.166. The Morgan fingerprint density at radius 2 is 1.75 bits per heavy atom. The molecule has 1 aliphatic heterocycles. The molecule has 0 atom stereocenters. The Morgan fingerprint density at radius 3 is 2.47 bits per heavy atom. The number of ether oxygens (including phenoxy) is 1. The molecule has 1 saturated heterocycles. The summed E-state index contributed by atoms with van der Waals surface area (Å²) in [5, 5.41) is -0.304. The van der Waals surface area contributed by atoms with Crippen molar-refractivity contribution in [2.45, 2.75) is 13.5 Å². The third-order valence-corrected chi connectivity index (χ3v) is 6.41. The summed E-state index contributed by atoms with van der Waals surface area (Å²) in [6.07, 6.45) is 1.64. The van der Waals surface area contributed by atoms with E-state index in [0.717, 1.165) is 26.5 Å². The lowest BCUT2D eigenvalue weighted by Crippen LogP contribution is -2.27. The lowest BCUT2D eigenvalue weighted by Gasteiger charge is -2.12. The summed E-state index contributed by atoms with van der Waals surface area (Å²) in [6.45, 7) is 2.17. The van der Waals surface area contributed by atoms with Crippen LogP contribution in [0.25, 0.3) is 6.08 Å². The first kappa shape index (κ1) is 22.3. The summed E-state index contributed by atoms with van der Waals surface area (Å²) in [5.74, 6) is -0.428. The minimum absolute atomic E-state index is 0.229. The number of nitrogens with zero attached hydrogens (tertiary/aromatic N) is 1. The van der Waals surface area contributed by atoms with Crippen LogP contribution >= 0.6 is 34.4 Å². The monoisotopic (exact) mass is 555 g/mol. The Morgan fingerprint density at radius 1 is 1.03 bits per heavy atom. The van der Waals surface area contributed by atoms with Crippen molar-refractivity contribution in [1.82, 2.24) is 4.90 Å². The molecule has 2 amide bonds. The van der Waals surface area contributed by atoms with E-state index < -0.39 is 5.97 Å². The van der Waals surface area contributed by atoms with Crippen LogP contribution in [-0.2, 0) is 11.3 Å². The molecular weight excluding hydrogens is 537 g/mol. The molecule has 0 spiro atoms. The van der Waals surface area contributed by atoms with Gasteiger partial charge in [0.05, 0.1) is 17.0 Å². The van der Waals surface area contributed by atoms with Crippen molar-refractivity contribution in [3.8, 4) is 5.75 Å². The number of carbonyl (C=O) groups is 3. The second kappa shape index (κ2) is 9.70. The molecule has 3 aromatic carbocycles. The predicted octanol–water partition coefficient (Wildman–Crippen LogP) is 6.06. The van der Waals surface area contributed by atoms with E-state index in [1.165, 1.54) is 4.90 Å². The van der Waals surface area contributed by atoms with Crippen LogP contribution in [0.4, 0.5) is 4.79 Å². The average Bonchev–Trinajstić information content (AvgIpc) is 3.03. The molecule has 160 valence electrons. The molecule has 0 radical (unpaired) electrons. The van der Waals surface area contributed by atoms with Crippen LogP contribution in [0.3, 0.4) is 0 Å². The molecular formula is C25H18INO4S. The van der Waals surface area contributed by atoms with Crippen molar-refractivity contribution in [3.63, 3.8) is 0 Å². The van der Waals surface area contributed by atoms with E-state index in [1.54, 1.807) is 42.5 Å². The Balaban J connectivity index is 1.48. The molecule has 0 N–H and O–H groups in total. The second-order valence-corrected chi connectivity index (χ2v) is 9.46. The Labute approximate surface area is 203 Å². The van der Waals surface area contributed by atoms with Crippen LogP contribution in [0.1, 0.15) is 27.0 Å². The fourth-order valence-electron chi connectivity index (χ4n) is 3.08. The van der Waals surface area contributed by atoms with E-state index in [2.05, 4.69) is 22.6 Å². The van der Waals surface area contributed by atoms with Crippen LogP contribution in [0.15, 0.2) is 77.7 Å². The standard InChI is InChI=1S/C25H18INO4S/c1-16-5-9-19(10-6-16)24(29)31-21-4-2-3-18(13-21)14-22-23(28)27(25(30)32-22)15-17-7-11-20(26)12-8-17/h2-14H,15H2,1H3/b22-14-. The van der Waals surface area contributed by atoms with Crippen LogP contribution in [-0.4, -0.2) is 22.0 Å². The van der Waals surface area contributed by atoms with Crippen molar-refractivity contribution < 1.29 is 19.1 Å². The number of aryl methyl sites for hydroxylation is 1. The van der Waals surface area contributed by atoms with Crippen LogP contribution in [0.5, 0.6) is 5.75 Å². The molecule has 0 saturated carbocycles. The summed E-state index contributed by atoms with van der Waals surface area (Å²) in [7, 11) is 0. The first-order valence-electron chi connectivity index (χ1n) is 9.78. The van der Waals surface area contributed by atoms with Gasteiger partial charge in [-0.05, 0) is 94.9 Å². The lowest BCUT2D eigenvalue weighted by molar-refractivity contribution is -0.123. The maximum atomic E-state index is 12.8. The van der Waals surface area contributed by atoms with E-state index in [1.807, 2.05) is 43.3 Å². The van der Waals surface area contributed by atoms with Gasteiger partial charge in [-0.3, -0.25) is 14.5 Å². The van der Waals surface area contributed by atoms with Crippen LogP contribution < -0.4 is 4.74 Å². The topological polar surface area (TPSA) is 63.7 Å². The number of benzene rings is 3. The van der Waals surface area contributed by atoms with Crippen molar-refractivity contribution in [1.29, 1.82) is 0 Å². The zero-order chi connectivity index (χ0) is 22.7. The van der Waals surface area contributed by atoms with Gasteiger partial charge in [-0.2, -0.15) is 0 Å². The molecule has 0 aromatic heterocycles. The SMILES string of the molecule is Cc1ccc(C(=O)Oc2cccc(/C=C3\SC(=O)N(Cc4ccc(I)cc4)C3=O)c2)cc1. The molecule has 5 nitrogen and oxygen atoms in total. The molecule has 0 bridgehead atoms. The Hall–Kier alpha value is -2.91. The third kappa shape index (κ3) is 5.28. The largest absolute Gasteiger partial charge is 0.423 e. The van der Waals surface area contributed by atoms with Gasteiger partial charge in [0, 0.05) is 3.57 Å². The number of imide groups is 1. The van der Waals surface area contributed by atoms with Gasteiger partial charge in [-0.15, -0.1) is 0 Å². The maximum Gasteiger partial charge on any atom is 0.343 e. The Bertz CT molecular complexity index is 1220. The van der Waals surface area contributed by atoms with Gasteiger partial charge in [0.15, 0.2) is 0 Å². The van der Waals surface area contributed by atoms with Gasteiger partial charge in [-0.25, -0.2) is 4.79 Å². The van der Waals surface area contributed by atoms with E-state index in [4.69, 9.17) is 4.74 Å². The average molecular weight is 555 g/mol. The molecule has 0 unspecified atom stereocenters. The number of hydrogen-bond donors (Lipinski definition) is 0. The van der Waals surface area contributed by atoms with Crippen molar-refractivity contribution >= 4 is 57.5 Å². The summed E-state index contributed by atoms with van der Waals surface area (Å²) in [6, 6.07) is 21.7. The van der Waals surface area contributed by atoms with Crippen LogP contribution in [0.2, 0.25) is 0 Å². The molecule has 1 aliphatic rings. The first-order valence-corrected chi connectivity index (χ1v) is 11.7. The molecule has 1 fully saturated rings. The van der Waals surface area contributed by atoms with Crippen LogP contribution in [0, 0.1) is 10.5 Å². The van der Waals surface area contributed by atoms with Gasteiger partial charge >= 0.3 is 5.97 Å². The summed E-state index contributed by atoms with van der Waals surface area (Å²) >= 11 is 3.11. The van der Waals surface area contributed by atoms with Gasteiger partial charge in [0.1, 0.15) is 5.75 Å². The lowest BCUT2D eigenvalue weighted by atomic mass is 10.1. The fraction of sp³-hybridized carbons (Fsp3) is 0.0800. The minimum Gasteiger partial charge on any atom is -0.423 e. The van der Waals surface area contributed by atoms with Gasteiger partial charge < -0.3 is 4.74 Å². The smallest absolute Gasteiger partial charge is 0.343 e. The zero-order valence-electron chi connectivity index (χ0n) is 17.1. The van der Waals surface area contributed by atoms with Crippen molar-refractivity contribution in [3.05, 3.63) is 104 Å².